The van der Waals surface area contributed by atoms with Crippen molar-refractivity contribution >= 4 is 43.1 Å². The SMILES string of the molecule is c1ccc(-c2c3ccccc3c(-c3ccc(Cc4ccc(-c5c6ccccc6c(-c6ccccc6)c6ccccc56)cc4)cc3)c3ccccc23)cc1. The van der Waals surface area contributed by atoms with Gasteiger partial charge in [-0.05, 0) is 105 Å². The zero-order chi connectivity index (χ0) is 35.1. The zero-order valence-electron chi connectivity index (χ0n) is 29.3. The van der Waals surface area contributed by atoms with Crippen LogP contribution in [0.25, 0.3) is 87.6 Å². The van der Waals surface area contributed by atoms with Crippen molar-refractivity contribution in [2.45, 2.75) is 6.42 Å². The van der Waals surface area contributed by atoms with E-state index in [0.717, 1.165) is 6.42 Å². The standard InChI is InChI=1S/C53H36/c1-3-15-38(16-4-1)50-42-19-7-11-23-46(42)52(47-24-12-8-20-43(47)50)40-31-27-36(28-32-40)35-37-29-33-41(34-30-37)53-48-25-13-9-21-44(48)51(39-17-5-2-6-18-39)45-22-10-14-26-49(45)53/h1-34H,35H2. The van der Waals surface area contributed by atoms with Gasteiger partial charge in [0.05, 0.1) is 0 Å². The second-order valence-corrected chi connectivity index (χ2v) is 14.0. The Labute approximate surface area is 310 Å². The monoisotopic (exact) mass is 672 g/mol. The Morgan fingerprint density at radius 2 is 0.396 bits per heavy atom. The van der Waals surface area contributed by atoms with Crippen molar-refractivity contribution < 1.29 is 0 Å². The summed E-state index contributed by atoms with van der Waals surface area (Å²) in [4.78, 5) is 0. The molecule has 0 radical (unpaired) electrons. The molecule has 0 aromatic heterocycles. The number of rotatable bonds is 6. The van der Waals surface area contributed by atoms with Crippen molar-refractivity contribution in [2.24, 2.45) is 0 Å². The Bertz CT molecular complexity index is 2600. The molecule has 0 heterocycles. The summed E-state index contributed by atoms with van der Waals surface area (Å²) in [6.07, 6.45) is 0.878. The van der Waals surface area contributed by atoms with Crippen LogP contribution in [-0.2, 0) is 6.42 Å². The molecule has 0 saturated carbocycles. The van der Waals surface area contributed by atoms with Gasteiger partial charge in [0.2, 0.25) is 0 Å². The number of hydrogen-bond donors (Lipinski definition) is 0. The Hall–Kier alpha value is -6.76. The van der Waals surface area contributed by atoms with Gasteiger partial charge < -0.3 is 0 Å². The molecule has 0 amide bonds. The summed E-state index contributed by atoms with van der Waals surface area (Å²) in [5.41, 5.74) is 12.8. The summed E-state index contributed by atoms with van der Waals surface area (Å²) in [5, 5.41) is 10.3. The summed E-state index contributed by atoms with van der Waals surface area (Å²) in [6, 6.07) is 75.6. The molecule has 0 aliphatic rings. The Balaban J connectivity index is 1.01. The van der Waals surface area contributed by atoms with E-state index in [2.05, 4.69) is 206 Å². The highest BCUT2D eigenvalue weighted by Gasteiger charge is 2.18. The van der Waals surface area contributed by atoms with Crippen LogP contribution in [0, 0.1) is 0 Å². The van der Waals surface area contributed by atoms with Crippen LogP contribution in [0.15, 0.2) is 206 Å². The second-order valence-electron chi connectivity index (χ2n) is 14.0. The van der Waals surface area contributed by atoms with Crippen LogP contribution in [0.4, 0.5) is 0 Å². The van der Waals surface area contributed by atoms with E-state index in [4.69, 9.17) is 0 Å². The minimum atomic E-state index is 0.878. The van der Waals surface area contributed by atoms with Crippen LogP contribution >= 0.6 is 0 Å². The van der Waals surface area contributed by atoms with Gasteiger partial charge in [-0.1, -0.05) is 206 Å². The molecule has 0 heteroatoms. The minimum Gasteiger partial charge on any atom is -0.0622 e. The summed E-state index contributed by atoms with van der Waals surface area (Å²) < 4.78 is 0. The second kappa shape index (κ2) is 13.1. The Morgan fingerprint density at radius 1 is 0.189 bits per heavy atom. The van der Waals surface area contributed by atoms with Crippen LogP contribution in [-0.4, -0.2) is 0 Å². The molecule has 0 atom stereocenters. The topological polar surface area (TPSA) is 0 Å². The molecule has 0 bridgehead atoms. The molecule has 53 heavy (non-hydrogen) atoms. The fraction of sp³-hybridized carbons (Fsp3) is 0.0189. The third kappa shape index (κ3) is 5.39. The maximum absolute atomic E-state index is 2.31. The van der Waals surface area contributed by atoms with Crippen molar-refractivity contribution in [2.75, 3.05) is 0 Å². The summed E-state index contributed by atoms with van der Waals surface area (Å²) in [7, 11) is 0. The van der Waals surface area contributed by atoms with E-state index in [1.165, 1.54) is 98.7 Å². The summed E-state index contributed by atoms with van der Waals surface area (Å²) >= 11 is 0. The molecule has 0 N–H and O–H groups in total. The molecule has 0 spiro atoms. The van der Waals surface area contributed by atoms with E-state index < -0.39 is 0 Å². The fourth-order valence-corrected chi connectivity index (χ4v) is 8.52. The van der Waals surface area contributed by atoms with Gasteiger partial charge in [-0.15, -0.1) is 0 Å². The predicted molar refractivity (Wildman–Crippen MR) is 227 cm³/mol. The average Bonchev–Trinajstić information content (AvgIpc) is 3.23. The predicted octanol–water partition coefficient (Wildman–Crippen LogP) is 14.6. The molecule has 0 unspecified atom stereocenters. The van der Waals surface area contributed by atoms with Crippen LogP contribution in [0.1, 0.15) is 11.1 Å². The maximum Gasteiger partial charge on any atom is -0.00258 e. The fourth-order valence-electron chi connectivity index (χ4n) is 8.52. The van der Waals surface area contributed by atoms with Crippen LogP contribution in [0.5, 0.6) is 0 Å². The number of fused-ring (bicyclic) bond motifs is 4. The minimum absolute atomic E-state index is 0.878. The molecule has 0 aliphatic heterocycles. The van der Waals surface area contributed by atoms with Crippen LogP contribution < -0.4 is 0 Å². The van der Waals surface area contributed by atoms with Crippen molar-refractivity contribution in [3.05, 3.63) is 217 Å². The molecule has 10 rings (SSSR count). The summed E-state index contributed by atoms with van der Waals surface area (Å²) in [6.45, 7) is 0. The third-order valence-electron chi connectivity index (χ3n) is 10.9. The highest BCUT2D eigenvalue weighted by Crippen LogP contribution is 2.45. The first-order valence-corrected chi connectivity index (χ1v) is 18.5. The van der Waals surface area contributed by atoms with E-state index in [0.29, 0.717) is 0 Å². The van der Waals surface area contributed by atoms with Gasteiger partial charge in [0.25, 0.3) is 0 Å². The molecular weight excluding hydrogens is 637 g/mol. The van der Waals surface area contributed by atoms with Gasteiger partial charge in [-0.3, -0.25) is 0 Å². The smallest absolute Gasteiger partial charge is 0.00258 e. The van der Waals surface area contributed by atoms with E-state index >= 15 is 0 Å². The van der Waals surface area contributed by atoms with Crippen molar-refractivity contribution in [3.8, 4) is 44.5 Å². The normalized spacial score (nSPS) is 11.5. The van der Waals surface area contributed by atoms with E-state index in [-0.39, 0.29) is 0 Å². The lowest BCUT2D eigenvalue weighted by Gasteiger charge is -2.18. The highest BCUT2D eigenvalue weighted by molar-refractivity contribution is 6.22. The first-order valence-electron chi connectivity index (χ1n) is 18.5. The molecule has 248 valence electrons. The van der Waals surface area contributed by atoms with Gasteiger partial charge in [-0.25, -0.2) is 0 Å². The first kappa shape index (κ1) is 31.0. The largest absolute Gasteiger partial charge is 0.0622 e. The Morgan fingerprint density at radius 3 is 0.642 bits per heavy atom. The maximum atomic E-state index is 2.31. The van der Waals surface area contributed by atoms with Gasteiger partial charge >= 0.3 is 0 Å². The third-order valence-corrected chi connectivity index (χ3v) is 10.9. The quantitative estimate of drug-likeness (QED) is 0.154. The van der Waals surface area contributed by atoms with Crippen molar-refractivity contribution in [1.82, 2.24) is 0 Å². The van der Waals surface area contributed by atoms with Crippen LogP contribution in [0.3, 0.4) is 0 Å². The molecule has 0 saturated heterocycles. The number of hydrogen-bond acceptors (Lipinski definition) is 0. The molecular formula is C53H36. The molecule has 0 nitrogen and oxygen atoms in total. The van der Waals surface area contributed by atoms with Crippen LogP contribution in [0.2, 0.25) is 0 Å². The van der Waals surface area contributed by atoms with Gasteiger partial charge in [-0.2, -0.15) is 0 Å². The molecule has 0 fully saturated rings. The molecule has 0 aliphatic carbocycles. The van der Waals surface area contributed by atoms with Gasteiger partial charge in [0.15, 0.2) is 0 Å². The first-order chi connectivity index (χ1) is 26.3. The Kier molecular flexibility index (Phi) is 7.66. The van der Waals surface area contributed by atoms with E-state index in [9.17, 15) is 0 Å². The lowest BCUT2D eigenvalue weighted by atomic mass is 9.85. The molecule has 10 aromatic rings. The van der Waals surface area contributed by atoms with Gasteiger partial charge in [0.1, 0.15) is 0 Å². The summed E-state index contributed by atoms with van der Waals surface area (Å²) in [5.74, 6) is 0. The lowest BCUT2D eigenvalue weighted by Crippen LogP contribution is -1.93. The average molecular weight is 673 g/mol. The van der Waals surface area contributed by atoms with Gasteiger partial charge in [0, 0.05) is 0 Å². The number of benzene rings is 10. The van der Waals surface area contributed by atoms with Crippen molar-refractivity contribution in [3.63, 3.8) is 0 Å². The molecule has 10 aromatic carbocycles. The zero-order valence-corrected chi connectivity index (χ0v) is 29.3. The highest BCUT2D eigenvalue weighted by atomic mass is 14.2. The van der Waals surface area contributed by atoms with E-state index in [1.807, 2.05) is 0 Å². The van der Waals surface area contributed by atoms with E-state index in [1.54, 1.807) is 0 Å². The lowest BCUT2D eigenvalue weighted by molar-refractivity contribution is 1.19. The van der Waals surface area contributed by atoms with Crippen molar-refractivity contribution in [1.29, 1.82) is 0 Å².